The van der Waals surface area contributed by atoms with Gasteiger partial charge in [-0.15, -0.1) is 0 Å². The number of aromatic nitrogens is 5. The molecule has 5 rings (SSSR count). The van der Waals surface area contributed by atoms with Crippen LogP contribution < -0.4 is 0 Å². The molecular formula is C18H12F4N6O2. The van der Waals surface area contributed by atoms with Crippen LogP contribution in [0.2, 0.25) is 0 Å². The van der Waals surface area contributed by atoms with Gasteiger partial charge in [-0.05, 0) is 18.2 Å². The number of nitrogens with zero attached hydrogens (tertiary/aromatic N) is 5. The van der Waals surface area contributed by atoms with E-state index in [0.29, 0.717) is 22.5 Å². The normalized spacial score (nSPS) is 16.4. The molecule has 0 spiro atoms. The summed E-state index contributed by atoms with van der Waals surface area (Å²) in [5.41, 5.74) is -0.0579. The number of carbonyl (C=O) groups is 1. The van der Waals surface area contributed by atoms with Crippen LogP contribution in [0.5, 0.6) is 0 Å². The minimum absolute atomic E-state index is 0.108. The molecule has 0 unspecified atom stereocenters. The Balaban J connectivity index is 1.65. The Hall–Kier alpha value is -3.70. The van der Waals surface area contributed by atoms with Crippen molar-refractivity contribution >= 4 is 17.0 Å². The second-order valence-electron chi connectivity index (χ2n) is 6.62. The molecule has 1 aliphatic heterocycles. The number of benzene rings is 1. The van der Waals surface area contributed by atoms with E-state index < -0.39 is 35.7 Å². The van der Waals surface area contributed by atoms with Crippen molar-refractivity contribution in [1.29, 1.82) is 0 Å². The van der Waals surface area contributed by atoms with Crippen LogP contribution in [0.1, 0.15) is 40.4 Å². The van der Waals surface area contributed by atoms with E-state index >= 15 is 0 Å². The van der Waals surface area contributed by atoms with Crippen LogP contribution in [0, 0.1) is 11.6 Å². The van der Waals surface area contributed by atoms with Crippen molar-refractivity contribution in [2.75, 3.05) is 6.54 Å². The first-order valence-electron chi connectivity index (χ1n) is 8.85. The molecule has 8 nitrogen and oxygen atoms in total. The van der Waals surface area contributed by atoms with Gasteiger partial charge in [-0.3, -0.25) is 4.79 Å². The van der Waals surface area contributed by atoms with E-state index in [4.69, 9.17) is 4.42 Å². The lowest BCUT2D eigenvalue weighted by Crippen LogP contribution is -2.41. The van der Waals surface area contributed by atoms with Crippen LogP contribution in [0.3, 0.4) is 0 Å². The lowest BCUT2D eigenvalue weighted by Gasteiger charge is -2.33. The lowest BCUT2D eigenvalue weighted by atomic mass is 10.0. The molecule has 4 aromatic rings. The number of alkyl halides is 2. The molecule has 12 heteroatoms. The van der Waals surface area contributed by atoms with Crippen LogP contribution in [0.4, 0.5) is 17.6 Å². The number of hydrogen-bond donors (Lipinski definition) is 1. The van der Waals surface area contributed by atoms with Gasteiger partial charge in [0.1, 0.15) is 11.2 Å². The quantitative estimate of drug-likeness (QED) is 0.514. The molecule has 0 bridgehead atoms. The fourth-order valence-corrected chi connectivity index (χ4v) is 3.61. The van der Waals surface area contributed by atoms with Crippen LogP contribution >= 0.6 is 0 Å². The molecule has 0 radical (unpaired) electrons. The van der Waals surface area contributed by atoms with E-state index in [0.717, 1.165) is 24.4 Å². The summed E-state index contributed by atoms with van der Waals surface area (Å²) in [5.74, 6) is -2.57. The van der Waals surface area contributed by atoms with E-state index in [9.17, 15) is 22.4 Å². The van der Waals surface area contributed by atoms with E-state index in [1.165, 1.54) is 11.2 Å². The molecule has 1 atom stereocenters. The highest BCUT2D eigenvalue weighted by molar-refractivity contribution is 5.93. The number of carbonyl (C=O) groups excluding carboxylic acids is 1. The van der Waals surface area contributed by atoms with Crippen molar-refractivity contribution in [3.63, 3.8) is 0 Å². The van der Waals surface area contributed by atoms with Crippen molar-refractivity contribution in [1.82, 2.24) is 29.6 Å². The number of aromatic amines is 1. The Morgan fingerprint density at radius 3 is 2.80 bits per heavy atom. The standard InChI is InChI=1S/C18H12F4N6O2/c19-8-1-2-9(20)15-12(8)26-16(30-15)14-13-10(23-7-24-13)4-6-27(14)17(29)11-3-5-25-28(11)18(21)22/h1-3,5,7,14,18H,4,6H2,(H,23,24)/t14-/m0/s1. The number of imidazole rings is 1. The largest absolute Gasteiger partial charge is 0.435 e. The van der Waals surface area contributed by atoms with Crippen molar-refractivity contribution in [3.05, 3.63) is 65.3 Å². The zero-order valence-corrected chi connectivity index (χ0v) is 15.0. The third-order valence-corrected chi connectivity index (χ3v) is 4.96. The predicted molar refractivity (Wildman–Crippen MR) is 92.6 cm³/mol. The average Bonchev–Trinajstić information content (AvgIpc) is 3.48. The second kappa shape index (κ2) is 6.68. The number of fused-ring (bicyclic) bond motifs is 2. The number of halogens is 4. The van der Waals surface area contributed by atoms with Crippen molar-refractivity contribution < 1.29 is 26.8 Å². The van der Waals surface area contributed by atoms with Gasteiger partial charge in [-0.25, -0.2) is 18.7 Å². The summed E-state index contributed by atoms with van der Waals surface area (Å²) in [4.78, 5) is 25.5. The van der Waals surface area contributed by atoms with Crippen LogP contribution in [0.25, 0.3) is 11.1 Å². The highest BCUT2D eigenvalue weighted by atomic mass is 19.3. The zero-order valence-electron chi connectivity index (χ0n) is 15.0. The predicted octanol–water partition coefficient (Wildman–Crippen LogP) is 3.21. The van der Waals surface area contributed by atoms with Gasteiger partial charge < -0.3 is 14.3 Å². The molecule has 0 saturated carbocycles. The molecule has 1 amide bonds. The molecule has 0 aliphatic carbocycles. The minimum Gasteiger partial charge on any atom is -0.435 e. The molecule has 30 heavy (non-hydrogen) atoms. The van der Waals surface area contributed by atoms with Gasteiger partial charge in [-0.1, -0.05) is 0 Å². The molecule has 3 aromatic heterocycles. The third-order valence-electron chi connectivity index (χ3n) is 4.96. The maximum atomic E-state index is 14.1. The maximum absolute atomic E-state index is 14.1. The van der Waals surface area contributed by atoms with Crippen LogP contribution in [-0.4, -0.2) is 42.1 Å². The Bertz CT molecular complexity index is 1220. The summed E-state index contributed by atoms with van der Waals surface area (Å²) in [6.07, 6.45) is 2.85. The minimum atomic E-state index is -3.02. The van der Waals surface area contributed by atoms with Crippen molar-refractivity contribution in [2.45, 2.75) is 19.0 Å². The fourth-order valence-electron chi connectivity index (χ4n) is 3.61. The molecule has 0 saturated heterocycles. The summed E-state index contributed by atoms with van der Waals surface area (Å²) in [6, 6.07) is 1.91. The lowest BCUT2D eigenvalue weighted by molar-refractivity contribution is 0.0434. The van der Waals surface area contributed by atoms with Gasteiger partial charge in [0.15, 0.2) is 23.3 Å². The first-order chi connectivity index (χ1) is 14.5. The zero-order chi connectivity index (χ0) is 21.0. The van der Waals surface area contributed by atoms with Crippen LogP contribution in [-0.2, 0) is 6.42 Å². The third kappa shape index (κ3) is 2.67. The highest BCUT2D eigenvalue weighted by Crippen LogP contribution is 2.36. The molecule has 154 valence electrons. The van der Waals surface area contributed by atoms with E-state index in [-0.39, 0.29) is 23.6 Å². The molecule has 1 aliphatic rings. The first-order valence-corrected chi connectivity index (χ1v) is 8.85. The Labute approximate surface area is 165 Å². The van der Waals surface area contributed by atoms with Gasteiger partial charge in [0.05, 0.1) is 12.0 Å². The van der Waals surface area contributed by atoms with Gasteiger partial charge in [-0.2, -0.15) is 18.6 Å². The van der Waals surface area contributed by atoms with E-state index in [2.05, 4.69) is 20.1 Å². The summed E-state index contributed by atoms with van der Waals surface area (Å²) < 4.78 is 60.4. The van der Waals surface area contributed by atoms with Gasteiger partial charge in [0.2, 0.25) is 5.89 Å². The van der Waals surface area contributed by atoms with Crippen LogP contribution in [0.15, 0.2) is 35.1 Å². The number of oxazole rings is 1. The fraction of sp³-hybridized carbons (Fsp3) is 0.222. The topological polar surface area (TPSA) is 92.8 Å². The second-order valence-corrected chi connectivity index (χ2v) is 6.62. The monoisotopic (exact) mass is 420 g/mol. The average molecular weight is 420 g/mol. The smallest absolute Gasteiger partial charge is 0.333 e. The molecular weight excluding hydrogens is 408 g/mol. The molecule has 1 N–H and O–H groups in total. The summed E-state index contributed by atoms with van der Waals surface area (Å²) in [7, 11) is 0. The molecule has 1 aromatic carbocycles. The Kier molecular flexibility index (Phi) is 4.08. The highest BCUT2D eigenvalue weighted by Gasteiger charge is 2.39. The first kappa shape index (κ1) is 18.3. The van der Waals surface area contributed by atoms with Crippen molar-refractivity contribution in [2.24, 2.45) is 0 Å². The van der Waals surface area contributed by atoms with E-state index in [1.54, 1.807) is 0 Å². The van der Waals surface area contributed by atoms with Crippen molar-refractivity contribution in [3.8, 4) is 0 Å². The summed E-state index contributed by atoms with van der Waals surface area (Å²) in [5, 5.41) is 3.48. The maximum Gasteiger partial charge on any atom is 0.333 e. The number of hydrogen-bond acceptors (Lipinski definition) is 5. The molecule has 4 heterocycles. The Morgan fingerprint density at radius 1 is 1.23 bits per heavy atom. The number of H-pyrrole nitrogens is 1. The number of amides is 1. The summed E-state index contributed by atoms with van der Waals surface area (Å²) in [6.45, 7) is -2.91. The van der Waals surface area contributed by atoms with Gasteiger partial charge >= 0.3 is 6.55 Å². The summed E-state index contributed by atoms with van der Waals surface area (Å²) >= 11 is 0. The van der Waals surface area contributed by atoms with Gasteiger partial charge in [0, 0.05) is 24.9 Å². The van der Waals surface area contributed by atoms with E-state index in [1.807, 2.05) is 0 Å². The number of rotatable bonds is 3. The SMILES string of the molecule is O=C(c1ccnn1C(F)F)N1CCc2[nH]cnc2[C@H]1c1nc2c(F)ccc(F)c2o1. The van der Waals surface area contributed by atoms with Gasteiger partial charge in [0.25, 0.3) is 5.91 Å². The molecule has 0 fully saturated rings. The number of nitrogens with one attached hydrogen (secondary N) is 1. The Morgan fingerprint density at radius 2 is 2.03 bits per heavy atom.